The second-order valence-corrected chi connectivity index (χ2v) is 15.9. The monoisotopic (exact) mass is 708 g/mol. The number of aliphatic hydroxyl groups excluding tert-OH is 2. The highest BCUT2D eigenvalue weighted by atomic mass is 16.5. The molecule has 0 aliphatic heterocycles. The average Bonchev–Trinajstić information content (AvgIpc) is 3.13. The fourth-order valence-corrected chi connectivity index (χ4v) is 9.43. The lowest BCUT2D eigenvalue weighted by atomic mass is 9.58. The van der Waals surface area contributed by atoms with Crippen molar-refractivity contribution in [1.82, 2.24) is 0 Å². The van der Waals surface area contributed by atoms with Crippen LogP contribution < -0.4 is 0 Å². The van der Waals surface area contributed by atoms with Crippen LogP contribution in [-0.2, 0) is 23.8 Å². The van der Waals surface area contributed by atoms with Gasteiger partial charge in [0.2, 0.25) is 0 Å². The highest BCUT2D eigenvalue weighted by Gasteiger charge is 2.44. The van der Waals surface area contributed by atoms with Crippen LogP contribution in [0.2, 0.25) is 0 Å². The largest absolute Gasteiger partial charge is 0.462 e. The summed E-state index contributed by atoms with van der Waals surface area (Å²) in [4.78, 5) is 24.2. The molecule has 3 saturated carbocycles. The molecule has 2 N–H and O–H groups in total. The van der Waals surface area contributed by atoms with Gasteiger partial charge < -0.3 is 24.4 Å². The van der Waals surface area contributed by atoms with Crippen LogP contribution in [0.25, 0.3) is 0 Å². The van der Waals surface area contributed by atoms with E-state index in [1.165, 1.54) is 51.4 Å². The minimum atomic E-state index is -0.347. The maximum atomic E-state index is 12.1. The van der Waals surface area contributed by atoms with Gasteiger partial charge in [0, 0.05) is 36.9 Å². The molecule has 286 valence electrons. The van der Waals surface area contributed by atoms with E-state index in [4.69, 9.17) is 14.2 Å². The van der Waals surface area contributed by atoms with E-state index in [0.717, 1.165) is 50.4 Å². The number of rotatable bonds is 20. The number of carbonyl (C=O) groups is 2. The van der Waals surface area contributed by atoms with Crippen molar-refractivity contribution < 1.29 is 34.0 Å². The maximum Gasteiger partial charge on any atom is 0.333 e. The summed E-state index contributed by atoms with van der Waals surface area (Å²) in [5.74, 6) is 3.94. The number of allylic oxidation sites excluding steroid dienone is 1. The van der Waals surface area contributed by atoms with Crippen LogP contribution in [0.5, 0.6) is 0 Å². The standard InChI is InChI=1S/C44H68O7/c1-7-9-10-13-33-16-18-36(19-17-33)37-20-21-41(35(8-2)26-37)40-27-38(14-11-23-50-43(47)31(3)4)42(49-25-22-34(29-45)30-46)39(28-40)15-12-24-51-44(48)32(5)6/h13,33-42,45-46H,1,3,5,8,11-12,14-30H2,2,4,6H3. The maximum absolute atomic E-state index is 12.1. The molecule has 7 heteroatoms. The fraction of sp³-hybridized carbons (Fsp3) is 0.750. The third-order valence-corrected chi connectivity index (χ3v) is 12.3. The lowest BCUT2D eigenvalue weighted by molar-refractivity contribution is -0.139. The van der Waals surface area contributed by atoms with Gasteiger partial charge >= 0.3 is 11.9 Å². The molecule has 3 rings (SSSR count). The molecule has 3 fully saturated rings. The first kappa shape index (κ1) is 42.8. The zero-order valence-corrected chi connectivity index (χ0v) is 32.0. The van der Waals surface area contributed by atoms with Crippen molar-refractivity contribution in [3.63, 3.8) is 0 Å². The van der Waals surface area contributed by atoms with Gasteiger partial charge in [-0.2, -0.15) is 0 Å². The molecule has 0 saturated heterocycles. The van der Waals surface area contributed by atoms with Crippen LogP contribution in [0.4, 0.5) is 0 Å². The van der Waals surface area contributed by atoms with Gasteiger partial charge in [-0.05, 0) is 169 Å². The predicted molar refractivity (Wildman–Crippen MR) is 203 cm³/mol. The Labute approximate surface area is 309 Å². The van der Waals surface area contributed by atoms with Gasteiger partial charge in [0.1, 0.15) is 0 Å². The van der Waals surface area contributed by atoms with E-state index in [0.29, 0.717) is 72.9 Å². The van der Waals surface area contributed by atoms with Gasteiger partial charge in [-0.1, -0.05) is 38.0 Å². The second kappa shape index (κ2) is 23.1. The molecule has 0 amide bonds. The Hall–Kier alpha value is -2.62. The summed E-state index contributed by atoms with van der Waals surface area (Å²) in [5.41, 5.74) is 9.45. The van der Waals surface area contributed by atoms with Crippen molar-refractivity contribution in [3.05, 3.63) is 54.2 Å². The molecule has 0 aromatic carbocycles. The van der Waals surface area contributed by atoms with E-state index >= 15 is 0 Å². The average molecular weight is 709 g/mol. The van der Waals surface area contributed by atoms with Gasteiger partial charge in [0.25, 0.3) is 0 Å². The fourth-order valence-electron chi connectivity index (χ4n) is 9.43. The molecule has 3 aliphatic carbocycles. The molecule has 0 spiro atoms. The topological polar surface area (TPSA) is 102 Å². The summed E-state index contributed by atoms with van der Waals surface area (Å²) in [7, 11) is 0. The number of aliphatic hydroxyl groups is 2. The lowest BCUT2D eigenvalue weighted by Crippen LogP contribution is -2.44. The van der Waals surface area contributed by atoms with E-state index < -0.39 is 0 Å². The zero-order chi connectivity index (χ0) is 37.2. The molecular formula is C44H68O7. The Balaban J connectivity index is 1.75. The van der Waals surface area contributed by atoms with Gasteiger partial charge in [0.15, 0.2) is 0 Å². The first-order valence-corrected chi connectivity index (χ1v) is 20.0. The van der Waals surface area contributed by atoms with E-state index in [9.17, 15) is 19.8 Å². The molecule has 0 aromatic rings. The van der Waals surface area contributed by atoms with E-state index in [1.54, 1.807) is 13.8 Å². The Bertz CT molecular complexity index is 1180. The third-order valence-electron chi connectivity index (χ3n) is 12.3. The molecule has 0 bridgehead atoms. The smallest absolute Gasteiger partial charge is 0.333 e. The van der Waals surface area contributed by atoms with E-state index in [1.807, 2.05) is 0 Å². The van der Waals surface area contributed by atoms with Crippen LogP contribution in [0.3, 0.4) is 0 Å². The molecule has 3 aliphatic rings. The number of carbonyl (C=O) groups excluding carboxylic acids is 2. The third kappa shape index (κ3) is 14.0. The molecule has 0 radical (unpaired) electrons. The van der Waals surface area contributed by atoms with Gasteiger partial charge in [-0.3, -0.25) is 0 Å². The number of esters is 2. The molecule has 51 heavy (non-hydrogen) atoms. The minimum Gasteiger partial charge on any atom is -0.462 e. The van der Waals surface area contributed by atoms with Crippen LogP contribution in [0.1, 0.15) is 117 Å². The second-order valence-electron chi connectivity index (χ2n) is 15.9. The Kier molecular flexibility index (Phi) is 19.4. The molecule has 5 atom stereocenters. The van der Waals surface area contributed by atoms with Gasteiger partial charge in [0.05, 0.1) is 19.3 Å². The molecular weight excluding hydrogens is 640 g/mol. The highest BCUT2D eigenvalue weighted by molar-refractivity contribution is 5.87. The summed E-state index contributed by atoms with van der Waals surface area (Å²) >= 11 is 0. The van der Waals surface area contributed by atoms with Crippen molar-refractivity contribution in [2.75, 3.05) is 33.0 Å². The normalized spacial score (nSPS) is 29.3. The Morgan fingerprint density at radius 2 is 1.33 bits per heavy atom. The first-order chi connectivity index (χ1) is 24.6. The summed E-state index contributed by atoms with van der Waals surface area (Å²) in [6.45, 7) is 17.8. The Morgan fingerprint density at radius 3 is 1.84 bits per heavy atom. The lowest BCUT2D eigenvalue weighted by Gasteiger charge is -2.49. The Morgan fingerprint density at radius 1 is 0.784 bits per heavy atom. The van der Waals surface area contributed by atoms with Crippen molar-refractivity contribution in [1.29, 1.82) is 0 Å². The first-order valence-electron chi connectivity index (χ1n) is 20.0. The molecule has 0 heterocycles. The van der Waals surface area contributed by atoms with Crippen molar-refractivity contribution in [2.45, 2.75) is 123 Å². The number of ether oxygens (including phenoxy) is 3. The molecule has 0 aromatic heterocycles. The van der Waals surface area contributed by atoms with Crippen molar-refractivity contribution in [2.24, 2.45) is 53.3 Å². The quantitative estimate of drug-likeness (QED) is 0.0565. The summed E-state index contributed by atoms with van der Waals surface area (Å²) in [6, 6.07) is 0. The number of hydrogen-bond donors (Lipinski definition) is 2. The van der Waals surface area contributed by atoms with Gasteiger partial charge in [-0.15, -0.1) is 0 Å². The molecule has 7 nitrogen and oxygen atoms in total. The van der Waals surface area contributed by atoms with E-state index in [-0.39, 0.29) is 37.2 Å². The number of hydrogen-bond acceptors (Lipinski definition) is 7. The van der Waals surface area contributed by atoms with Crippen LogP contribution in [-0.4, -0.2) is 61.3 Å². The SMILES string of the molecule is C=C=C=C=CC1CCC(C2CCC(C3CC(CCCOC(=O)C(=C)C)C(OCCC(CO)CO)C(CCCOC(=O)C(=C)C)C3)C(CC)C2)CC1. The predicted octanol–water partition coefficient (Wildman–Crippen LogP) is 8.70. The minimum absolute atomic E-state index is 0.0189. The highest BCUT2D eigenvalue weighted by Crippen LogP contribution is 2.52. The summed E-state index contributed by atoms with van der Waals surface area (Å²) < 4.78 is 17.7. The zero-order valence-electron chi connectivity index (χ0n) is 32.0. The molecule has 5 unspecified atom stereocenters. The van der Waals surface area contributed by atoms with Crippen molar-refractivity contribution >= 4 is 11.9 Å². The van der Waals surface area contributed by atoms with Crippen molar-refractivity contribution in [3.8, 4) is 0 Å². The van der Waals surface area contributed by atoms with Crippen LogP contribution in [0.15, 0.2) is 54.2 Å². The van der Waals surface area contributed by atoms with Gasteiger partial charge in [-0.25, -0.2) is 9.59 Å². The van der Waals surface area contributed by atoms with E-state index in [2.05, 4.69) is 49.9 Å². The van der Waals surface area contributed by atoms with Crippen LogP contribution in [0, 0.1) is 53.3 Å². The summed E-state index contributed by atoms with van der Waals surface area (Å²) in [5, 5.41) is 19.4. The van der Waals surface area contributed by atoms with Crippen LogP contribution >= 0.6 is 0 Å². The summed E-state index contributed by atoms with van der Waals surface area (Å²) in [6.07, 6.45) is 18.5.